The molecule has 21 heavy (non-hydrogen) atoms. The van der Waals surface area contributed by atoms with Crippen molar-refractivity contribution in [1.29, 1.82) is 0 Å². The van der Waals surface area contributed by atoms with E-state index in [1.54, 1.807) is 12.2 Å². The van der Waals surface area contributed by atoms with Crippen LogP contribution in [0.5, 0.6) is 0 Å². The third kappa shape index (κ3) is 3.61. The molecule has 1 aromatic rings. The van der Waals surface area contributed by atoms with Crippen LogP contribution in [-0.2, 0) is 11.2 Å². The third-order valence-corrected chi connectivity index (χ3v) is 4.15. The van der Waals surface area contributed by atoms with Gasteiger partial charge < -0.3 is 10.2 Å². The fourth-order valence-corrected chi connectivity index (χ4v) is 3.21. The minimum Gasteiger partial charge on any atom is -0.478 e. The van der Waals surface area contributed by atoms with Crippen LogP contribution in [0.4, 0.5) is 0 Å². The molecule has 1 aliphatic carbocycles. The Morgan fingerprint density at radius 1 is 1.38 bits per heavy atom. The molecule has 112 valence electrons. The topological polar surface area (TPSA) is 57.5 Å². The van der Waals surface area contributed by atoms with Crippen LogP contribution in [0.3, 0.4) is 0 Å². The maximum Gasteiger partial charge on any atom is 0.328 e. The molecule has 1 aliphatic rings. The van der Waals surface area contributed by atoms with Gasteiger partial charge in [0.05, 0.1) is 0 Å². The lowest BCUT2D eigenvalue weighted by Crippen LogP contribution is -2.21. The smallest absolute Gasteiger partial charge is 0.328 e. The van der Waals surface area contributed by atoms with Crippen molar-refractivity contribution in [1.82, 2.24) is 0 Å². The predicted octanol–water partition coefficient (Wildman–Crippen LogP) is 3.31. The van der Waals surface area contributed by atoms with Gasteiger partial charge in [-0.3, -0.25) is 0 Å². The Hall–Kier alpha value is -1.87. The lowest BCUT2D eigenvalue weighted by atomic mass is 9.75. The molecule has 0 spiro atoms. The first kappa shape index (κ1) is 15.5. The van der Waals surface area contributed by atoms with Gasteiger partial charge in [0.1, 0.15) is 0 Å². The van der Waals surface area contributed by atoms with E-state index in [1.807, 2.05) is 6.08 Å². The summed E-state index contributed by atoms with van der Waals surface area (Å²) in [7, 11) is 0. The molecule has 2 unspecified atom stereocenters. The largest absolute Gasteiger partial charge is 0.478 e. The normalized spacial score (nSPS) is 21.9. The molecule has 0 amide bonds. The van der Waals surface area contributed by atoms with Crippen LogP contribution in [0.1, 0.15) is 41.5 Å². The first-order chi connectivity index (χ1) is 10.0. The molecule has 0 saturated carbocycles. The molecule has 2 atom stereocenters. The molecule has 0 fully saturated rings. The van der Waals surface area contributed by atoms with Crippen LogP contribution < -0.4 is 0 Å². The standard InChI is InChI=1S/C18H22O3/c1-12-7-8-15-10-14(11-19)9-13(2)18(15)16(12)5-3-4-6-17(20)21/h3-8,13-14,19H,9-11H2,1-2H3,(H,20,21). The highest BCUT2D eigenvalue weighted by Crippen LogP contribution is 2.38. The first-order valence-electron chi connectivity index (χ1n) is 7.33. The number of hydrogen-bond acceptors (Lipinski definition) is 2. The van der Waals surface area contributed by atoms with E-state index in [0.717, 1.165) is 18.9 Å². The van der Waals surface area contributed by atoms with E-state index < -0.39 is 5.97 Å². The number of hydrogen-bond donors (Lipinski definition) is 2. The number of aryl methyl sites for hydroxylation is 1. The quantitative estimate of drug-likeness (QED) is 0.659. The lowest BCUT2D eigenvalue weighted by Gasteiger charge is -2.30. The van der Waals surface area contributed by atoms with Crippen molar-refractivity contribution >= 4 is 12.0 Å². The number of carbonyl (C=O) groups is 1. The second-order valence-electron chi connectivity index (χ2n) is 5.81. The first-order valence-corrected chi connectivity index (χ1v) is 7.33. The summed E-state index contributed by atoms with van der Waals surface area (Å²) < 4.78 is 0. The number of aliphatic carboxylic acids is 1. The Morgan fingerprint density at radius 3 is 2.81 bits per heavy atom. The van der Waals surface area contributed by atoms with Crippen LogP contribution in [0, 0.1) is 12.8 Å². The van der Waals surface area contributed by atoms with Gasteiger partial charge >= 0.3 is 5.97 Å². The second-order valence-corrected chi connectivity index (χ2v) is 5.81. The number of aliphatic hydroxyl groups excluding tert-OH is 1. The summed E-state index contributed by atoms with van der Waals surface area (Å²) in [5.41, 5.74) is 5.04. The maximum atomic E-state index is 10.5. The Labute approximate surface area is 125 Å². The SMILES string of the molecule is Cc1ccc2c(c1C=CC=CC(=O)O)C(C)CC(CO)C2. The number of allylic oxidation sites excluding steroid dienone is 2. The summed E-state index contributed by atoms with van der Waals surface area (Å²) in [6.45, 7) is 4.51. The third-order valence-electron chi connectivity index (χ3n) is 4.15. The van der Waals surface area contributed by atoms with E-state index in [4.69, 9.17) is 5.11 Å². The number of benzene rings is 1. The predicted molar refractivity (Wildman–Crippen MR) is 84.3 cm³/mol. The fraction of sp³-hybridized carbons (Fsp3) is 0.389. The number of carboxylic acid groups (broad SMARTS) is 1. The van der Waals surface area contributed by atoms with Crippen LogP contribution in [-0.4, -0.2) is 22.8 Å². The average molecular weight is 286 g/mol. The van der Waals surface area contributed by atoms with E-state index in [1.165, 1.54) is 22.3 Å². The molecule has 1 aromatic carbocycles. The Balaban J connectivity index is 2.36. The molecular formula is C18H22O3. The van der Waals surface area contributed by atoms with Gasteiger partial charge in [0, 0.05) is 12.7 Å². The van der Waals surface area contributed by atoms with Gasteiger partial charge in [-0.2, -0.15) is 0 Å². The van der Waals surface area contributed by atoms with Gasteiger partial charge in [-0.15, -0.1) is 0 Å². The maximum absolute atomic E-state index is 10.5. The van der Waals surface area contributed by atoms with E-state index in [9.17, 15) is 9.90 Å². The van der Waals surface area contributed by atoms with Crippen molar-refractivity contribution in [2.24, 2.45) is 5.92 Å². The Morgan fingerprint density at radius 2 is 2.14 bits per heavy atom. The molecule has 2 N–H and O–H groups in total. The zero-order chi connectivity index (χ0) is 15.4. The zero-order valence-electron chi connectivity index (χ0n) is 12.5. The molecule has 3 nitrogen and oxygen atoms in total. The lowest BCUT2D eigenvalue weighted by molar-refractivity contribution is -0.131. The van der Waals surface area contributed by atoms with Crippen molar-refractivity contribution in [3.63, 3.8) is 0 Å². The molecule has 0 radical (unpaired) electrons. The zero-order valence-corrected chi connectivity index (χ0v) is 12.5. The molecule has 0 bridgehead atoms. The summed E-state index contributed by atoms with van der Waals surface area (Å²) in [5.74, 6) is -0.182. The summed E-state index contributed by atoms with van der Waals surface area (Å²) in [6.07, 6.45) is 8.36. The minimum absolute atomic E-state index is 0.240. The number of fused-ring (bicyclic) bond motifs is 1. The highest BCUT2D eigenvalue weighted by molar-refractivity contribution is 5.80. The van der Waals surface area contributed by atoms with Crippen molar-refractivity contribution in [3.8, 4) is 0 Å². The van der Waals surface area contributed by atoms with Crippen LogP contribution in [0.2, 0.25) is 0 Å². The molecule has 0 aliphatic heterocycles. The monoisotopic (exact) mass is 286 g/mol. The average Bonchev–Trinajstić information content (AvgIpc) is 2.45. The van der Waals surface area contributed by atoms with Crippen LogP contribution in [0.15, 0.2) is 30.4 Å². The van der Waals surface area contributed by atoms with Gasteiger partial charge in [-0.25, -0.2) is 4.79 Å². The summed E-state index contributed by atoms with van der Waals surface area (Å²) in [5, 5.41) is 18.0. The summed E-state index contributed by atoms with van der Waals surface area (Å²) in [4.78, 5) is 10.5. The van der Waals surface area contributed by atoms with Gasteiger partial charge in [0.2, 0.25) is 0 Å². The van der Waals surface area contributed by atoms with Crippen molar-refractivity contribution in [2.45, 2.75) is 32.6 Å². The second kappa shape index (κ2) is 6.72. The van der Waals surface area contributed by atoms with Gasteiger partial charge in [0.25, 0.3) is 0 Å². The molecule has 0 saturated heterocycles. The molecule has 3 heteroatoms. The fourth-order valence-electron chi connectivity index (χ4n) is 3.21. The van der Waals surface area contributed by atoms with Crippen molar-refractivity contribution in [2.75, 3.05) is 6.61 Å². The highest BCUT2D eigenvalue weighted by Gasteiger charge is 2.25. The van der Waals surface area contributed by atoms with E-state index >= 15 is 0 Å². The summed E-state index contributed by atoms with van der Waals surface area (Å²) in [6, 6.07) is 4.26. The summed E-state index contributed by atoms with van der Waals surface area (Å²) >= 11 is 0. The van der Waals surface area contributed by atoms with Crippen LogP contribution in [0.25, 0.3) is 6.08 Å². The molecular weight excluding hydrogens is 264 g/mol. The van der Waals surface area contributed by atoms with Gasteiger partial charge in [-0.05, 0) is 53.9 Å². The Bertz CT molecular complexity index is 584. The molecule has 0 heterocycles. The minimum atomic E-state index is -0.939. The van der Waals surface area contributed by atoms with Crippen molar-refractivity contribution < 1.29 is 15.0 Å². The van der Waals surface area contributed by atoms with Gasteiger partial charge in [0.15, 0.2) is 0 Å². The number of carboxylic acids is 1. The van der Waals surface area contributed by atoms with Crippen molar-refractivity contribution in [3.05, 3.63) is 52.6 Å². The van der Waals surface area contributed by atoms with E-state index in [0.29, 0.717) is 11.8 Å². The number of aliphatic hydroxyl groups is 1. The highest BCUT2D eigenvalue weighted by atomic mass is 16.4. The molecule has 0 aromatic heterocycles. The van der Waals surface area contributed by atoms with E-state index in [-0.39, 0.29) is 6.61 Å². The van der Waals surface area contributed by atoms with E-state index in [2.05, 4.69) is 26.0 Å². The molecule has 2 rings (SSSR count). The Kier molecular flexibility index (Phi) is 4.97. The number of rotatable bonds is 4. The van der Waals surface area contributed by atoms with Gasteiger partial charge in [-0.1, -0.05) is 37.3 Å². The van der Waals surface area contributed by atoms with Crippen LogP contribution >= 0.6 is 0 Å².